The van der Waals surface area contributed by atoms with Crippen LogP contribution >= 0.6 is 0 Å². The Kier molecular flexibility index (Phi) is 2.08. The Morgan fingerprint density at radius 3 is 2.25 bits per heavy atom. The van der Waals surface area contributed by atoms with Gasteiger partial charge in [0, 0.05) is 6.92 Å². The van der Waals surface area contributed by atoms with Gasteiger partial charge >= 0.3 is 0 Å². The third-order valence-corrected chi connectivity index (χ3v) is 0.167. The maximum Gasteiger partial charge on any atom is 0.135 e. The van der Waals surface area contributed by atoms with Crippen molar-refractivity contribution in [1.82, 2.24) is 0 Å². The average Bonchev–Trinajstić information content (AvgIpc) is 1.37. The zero-order valence-electron chi connectivity index (χ0n) is 2.65. The van der Waals surface area contributed by atoms with Gasteiger partial charge in [0.15, 0.2) is 0 Å². The fourth-order valence-corrected chi connectivity index (χ4v) is 0. The van der Waals surface area contributed by atoms with E-state index in [-0.39, 0.29) is 0 Å². The van der Waals surface area contributed by atoms with Gasteiger partial charge in [-0.3, -0.25) is 0 Å². The van der Waals surface area contributed by atoms with E-state index >= 15 is 0 Å². The van der Waals surface area contributed by atoms with Crippen LogP contribution in [0.1, 0.15) is 6.92 Å². The van der Waals surface area contributed by atoms with E-state index in [9.17, 15) is 0 Å². The zero-order valence-corrected chi connectivity index (χ0v) is 2.65. The molecule has 20 valence electrons. The van der Waals surface area contributed by atoms with Gasteiger partial charge < -0.3 is 0 Å². The Labute approximate surface area is 26.5 Å². The van der Waals surface area contributed by atoms with Gasteiger partial charge in [0.1, 0.15) is 12.3 Å². The van der Waals surface area contributed by atoms with Gasteiger partial charge in [-0.15, -0.1) is 0 Å². The first-order valence-corrected chi connectivity index (χ1v) is 1.15. The zero-order chi connectivity index (χ0) is 3.41. The molecule has 0 aromatic carbocycles. The van der Waals surface area contributed by atoms with E-state index in [2.05, 4.69) is 5.73 Å². The van der Waals surface area contributed by atoms with Crippen molar-refractivity contribution < 1.29 is 0 Å². The highest BCUT2D eigenvalue weighted by Crippen LogP contribution is 1.45. The Hall–Kier alpha value is -0.570. The molecule has 0 atom stereocenters. The van der Waals surface area contributed by atoms with Crippen molar-refractivity contribution in [2.24, 2.45) is 0 Å². The summed E-state index contributed by atoms with van der Waals surface area (Å²) in [6.07, 6.45) is 1.65. The molecule has 0 bridgehead atoms. The molecular weight excluding hydrogens is 48.0 g/mol. The van der Waals surface area contributed by atoms with Crippen LogP contribution in [0, 0.1) is 6.58 Å². The second-order valence-corrected chi connectivity index (χ2v) is 0.455. The van der Waals surface area contributed by atoms with Crippen LogP contribution in [0.5, 0.6) is 0 Å². The SMILES string of the molecule is [CH+]=C=CC. The monoisotopic (exact) mass is 53.0 g/mol. The van der Waals surface area contributed by atoms with Crippen LogP contribution in [-0.4, -0.2) is 0 Å². The normalized spacial score (nSPS) is 4.00. The molecule has 0 aliphatic rings. The lowest BCUT2D eigenvalue weighted by Crippen LogP contribution is -1.16. The number of hydrogen-bond acceptors (Lipinski definition) is 0. The van der Waals surface area contributed by atoms with Gasteiger partial charge in [-0.25, -0.2) is 0 Å². The summed E-state index contributed by atoms with van der Waals surface area (Å²) < 4.78 is 0. The molecule has 0 aromatic rings. The summed E-state index contributed by atoms with van der Waals surface area (Å²) in [4.78, 5) is 0. The minimum Gasteiger partial charge on any atom is 0.0298 e. The van der Waals surface area contributed by atoms with Gasteiger partial charge in [-0.1, -0.05) is 0 Å². The van der Waals surface area contributed by atoms with Gasteiger partial charge in [0.2, 0.25) is 0 Å². The first-order valence-electron chi connectivity index (χ1n) is 1.15. The van der Waals surface area contributed by atoms with Crippen LogP contribution in [0.25, 0.3) is 0 Å². The van der Waals surface area contributed by atoms with E-state index in [1.807, 2.05) is 6.92 Å². The van der Waals surface area contributed by atoms with E-state index in [4.69, 9.17) is 6.58 Å². The van der Waals surface area contributed by atoms with Crippen LogP contribution in [0.4, 0.5) is 0 Å². The lowest BCUT2D eigenvalue weighted by Gasteiger charge is -1.22. The van der Waals surface area contributed by atoms with Gasteiger partial charge in [-0.05, 0) is 0 Å². The molecule has 0 amide bonds. The molecule has 0 aliphatic carbocycles. The quantitative estimate of drug-likeness (QED) is 0.287. The highest BCUT2D eigenvalue weighted by molar-refractivity contribution is 4.64. The maximum atomic E-state index is 4.72. The Morgan fingerprint density at radius 1 is 2.00 bits per heavy atom. The summed E-state index contributed by atoms with van der Waals surface area (Å²) in [5, 5.41) is 0. The van der Waals surface area contributed by atoms with Crippen molar-refractivity contribution >= 4 is 0 Å². The Morgan fingerprint density at radius 2 is 2.25 bits per heavy atom. The summed E-state index contributed by atoms with van der Waals surface area (Å²) in [7, 11) is 0. The van der Waals surface area contributed by atoms with Gasteiger partial charge in [-0.2, -0.15) is 0 Å². The minimum absolute atomic E-state index is 1.65. The molecule has 0 rings (SSSR count). The fourth-order valence-electron chi connectivity index (χ4n) is 0. The molecule has 0 saturated heterocycles. The molecule has 0 N–H and O–H groups in total. The van der Waals surface area contributed by atoms with E-state index in [0.717, 1.165) is 0 Å². The molecule has 4 heavy (non-hydrogen) atoms. The minimum atomic E-state index is 1.65. The largest absolute Gasteiger partial charge is 0.135 e. The van der Waals surface area contributed by atoms with Crippen LogP contribution in [-0.2, 0) is 0 Å². The van der Waals surface area contributed by atoms with Crippen LogP contribution in [0.3, 0.4) is 0 Å². The van der Waals surface area contributed by atoms with E-state index < -0.39 is 0 Å². The van der Waals surface area contributed by atoms with Crippen molar-refractivity contribution in [3.8, 4) is 0 Å². The molecule has 0 fully saturated rings. The standard InChI is InChI=1S/C4H5/c1-3-4-2/h1,4H,2H3/q+1. The molecule has 0 radical (unpaired) electrons. The predicted octanol–water partition coefficient (Wildman–Crippen LogP) is 1.15. The van der Waals surface area contributed by atoms with E-state index in [1.165, 1.54) is 0 Å². The summed E-state index contributed by atoms with van der Waals surface area (Å²) in [5.41, 5.74) is 2.31. The third kappa shape index (κ3) is 1.43. The number of hydrogen-bond donors (Lipinski definition) is 0. The predicted molar refractivity (Wildman–Crippen MR) is 18.1 cm³/mol. The summed E-state index contributed by atoms with van der Waals surface area (Å²) in [6.45, 7) is 6.54. The van der Waals surface area contributed by atoms with Crippen molar-refractivity contribution in [1.29, 1.82) is 0 Å². The molecule has 0 saturated carbocycles. The Balaban J connectivity index is 3.11. The molecule has 0 aromatic heterocycles. The van der Waals surface area contributed by atoms with E-state index in [0.29, 0.717) is 0 Å². The Bertz CT molecular complexity index is 38.0. The number of rotatable bonds is 0. The highest BCUT2D eigenvalue weighted by Gasteiger charge is 1.40. The third-order valence-electron chi connectivity index (χ3n) is 0.167. The molecule has 0 nitrogen and oxygen atoms in total. The average molecular weight is 53.1 g/mol. The van der Waals surface area contributed by atoms with Gasteiger partial charge in [0.25, 0.3) is 0 Å². The second kappa shape index (κ2) is 2.43. The van der Waals surface area contributed by atoms with Crippen LogP contribution < -0.4 is 0 Å². The van der Waals surface area contributed by atoms with Crippen molar-refractivity contribution in [3.05, 3.63) is 18.4 Å². The molecule has 0 unspecified atom stereocenters. The van der Waals surface area contributed by atoms with Crippen molar-refractivity contribution in [2.45, 2.75) is 6.92 Å². The maximum absolute atomic E-state index is 4.72. The molecule has 0 spiro atoms. The summed E-state index contributed by atoms with van der Waals surface area (Å²) >= 11 is 0. The molecule has 0 heterocycles. The van der Waals surface area contributed by atoms with E-state index in [1.54, 1.807) is 6.08 Å². The topological polar surface area (TPSA) is 0 Å². The fraction of sp³-hybridized carbons (Fsp3) is 0.250. The first-order chi connectivity index (χ1) is 1.91. The lowest BCUT2D eigenvalue weighted by atomic mass is 10.7. The molecule has 0 aliphatic heterocycles. The highest BCUT2D eigenvalue weighted by atomic mass is 13.3. The van der Waals surface area contributed by atoms with Crippen LogP contribution in [0.2, 0.25) is 0 Å². The van der Waals surface area contributed by atoms with Crippen molar-refractivity contribution in [2.75, 3.05) is 0 Å². The lowest BCUT2D eigenvalue weighted by molar-refractivity contribution is 1.78. The summed E-state index contributed by atoms with van der Waals surface area (Å²) in [5.74, 6) is 0. The van der Waals surface area contributed by atoms with Crippen LogP contribution in [0.15, 0.2) is 11.8 Å². The van der Waals surface area contributed by atoms with Gasteiger partial charge in [0.05, 0.1) is 6.08 Å². The summed E-state index contributed by atoms with van der Waals surface area (Å²) in [6, 6.07) is 0. The smallest absolute Gasteiger partial charge is 0.0298 e. The second-order valence-electron chi connectivity index (χ2n) is 0.455. The van der Waals surface area contributed by atoms with Crippen molar-refractivity contribution in [3.63, 3.8) is 0 Å². The number of allylic oxidation sites excluding steroid dienone is 1. The molecular formula is C4H5+. The molecule has 0 heteroatoms. The first kappa shape index (κ1) is 3.43.